The van der Waals surface area contributed by atoms with Crippen LogP contribution in [0.5, 0.6) is 5.75 Å². The van der Waals surface area contributed by atoms with Crippen molar-refractivity contribution in [2.45, 2.75) is 13.1 Å². The zero-order valence-electron chi connectivity index (χ0n) is 14.9. The third-order valence-electron chi connectivity index (χ3n) is 4.28. The fourth-order valence-electron chi connectivity index (χ4n) is 2.77. The predicted molar refractivity (Wildman–Crippen MR) is 109 cm³/mol. The summed E-state index contributed by atoms with van der Waals surface area (Å²) in [6.45, 7) is 4.87. The van der Waals surface area contributed by atoms with Crippen molar-refractivity contribution < 1.29 is 14.3 Å². The van der Waals surface area contributed by atoms with Crippen molar-refractivity contribution in [3.05, 3.63) is 63.1 Å². The molecule has 144 valence electrons. The number of carbonyl (C=O) groups is 1. The van der Waals surface area contributed by atoms with E-state index in [2.05, 4.69) is 38.3 Å². The molecule has 0 saturated carbocycles. The highest BCUT2D eigenvalue weighted by molar-refractivity contribution is 9.10. The molecule has 0 bridgehead atoms. The summed E-state index contributed by atoms with van der Waals surface area (Å²) in [4.78, 5) is 14.4. The van der Waals surface area contributed by atoms with Crippen molar-refractivity contribution in [2.24, 2.45) is 0 Å². The first kappa shape index (κ1) is 20.1. The van der Waals surface area contributed by atoms with Crippen LogP contribution in [0.25, 0.3) is 0 Å². The molecule has 0 radical (unpaired) electrons. The number of carbonyl (C=O) groups excluding carboxylic acids is 1. The Morgan fingerprint density at radius 3 is 2.56 bits per heavy atom. The summed E-state index contributed by atoms with van der Waals surface area (Å²) in [7, 11) is 0. The van der Waals surface area contributed by atoms with Crippen molar-refractivity contribution in [3.63, 3.8) is 0 Å². The van der Waals surface area contributed by atoms with E-state index < -0.39 is 0 Å². The van der Waals surface area contributed by atoms with Gasteiger partial charge in [0.1, 0.15) is 5.75 Å². The summed E-state index contributed by atoms with van der Waals surface area (Å²) >= 11 is 9.41. The number of nitrogens with zero attached hydrogens (tertiary/aromatic N) is 1. The topological polar surface area (TPSA) is 50.8 Å². The number of benzene rings is 2. The van der Waals surface area contributed by atoms with Gasteiger partial charge in [0.2, 0.25) is 0 Å². The standard InChI is InChI=1S/C20H22BrClN2O3/c21-17-5-6-19(18(22)11-17)27-14-20(25)23-12-15-1-3-16(4-2-15)13-24-7-9-26-10-8-24/h1-6,11H,7-10,12-14H2,(H,23,25). The number of hydrogen-bond acceptors (Lipinski definition) is 4. The van der Waals surface area contributed by atoms with Gasteiger partial charge in [0.15, 0.2) is 6.61 Å². The van der Waals surface area contributed by atoms with Crippen LogP contribution in [0.1, 0.15) is 11.1 Å². The highest BCUT2D eigenvalue weighted by atomic mass is 79.9. The Kier molecular flexibility index (Phi) is 7.52. The minimum Gasteiger partial charge on any atom is -0.482 e. The summed E-state index contributed by atoms with van der Waals surface area (Å²) in [5.41, 5.74) is 2.32. The fourth-order valence-corrected chi connectivity index (χ4v) is 3.50. The number of rotatable bonds is 7. The SMILES string of the molecule is O=C(COc1ccc(Br)cc1Cl)NCc1ccc(CN2CCOCC2)cc1. The number of halogens is 2. The molecule has 0 unspecified atom stereocenters. The van der Waals surface area contributed by atoms with Gasteiger partial charge in [0, 0.05) is 30.7 Å². The number of morpholine rings is 1. The van der Waals surface area contributed by atoms with E-state index in [1.54, 1.807) is 12.1 Å². The number of hydrogen-bond donors (Lipinski definition) is 1. The molecule has 0 aromatic heterocycles. The summed E-state index contributed by atoms with van der Waals surface area (Å²) < 4.78 is 11.7. The lowest BCUT2D eigenvalue weighted by molar-refractivity contribution is -0.123. The van der Waals surface area contributed by atoms with Crippen LogP contribution in [-0.2, 0) is 22.6 Å². The Morgan fingerprint density at radius 2 is 1.85 bits per heavy atom. The monoisotopic (exact) mass is 452 g/mol. The van der Waals surface area contributed by atoms with Gasteiger partial charge in [0.25, 0.3) is 5.91 Å². The zero-order chi connectivity index (χ0) is 19.1. The van der Waals surface area contributed by atoms with E-state index in [4.69, 9.17) is 21.1 Å². The van der Waals surface area contributed by atoms with Gasteiger partial charge < -0.3 is 14.8 Å². The van der Waals surface area contributed by atoms with Crippen LogP contribution in [0.3, 0.4) is 0 Å². The molecule has 27 heavy (non-hydrogen) atoms. The summed E-state index contributed by atoms with van der Waals surface area (Å²) in [5, 5.41) is 3.32. The predicted octanol–water partition coefficient (Wildman–Crippen LogP) is 3.63. The average Bonchev–Trinajstić information content (AvgIpc) is 2.67. The molecule has 1 aliphatic rings. The molecular weight excluding hydrogens is 432 g/mol. The number of ether oxygens (including phenoxy) is 2. The maximum Gasteiger partial charge on any atom is 0.258 e. The first-order chi connectivity index (χ1) is 13.1. The molecule has 2 aromatic rings. The second-order valence-electron chi connectivity index (χ2n) is 6.35. The minimum absolute atomic E-state index is 0.0729. The highest BCUT2D eigenvalue weighted by Crippen LogP contribution is 2.27. The normalized spacial score (nSPS) is 14.7. The van der Waals surface area contributed by atoms with Gasteiger partial charge in [-0.25, -0.2) is 0 Å². The molecule has 1 amide bonds. The molecule has 1 saturated heterocycles. The lowest BCUT2D eigenvalue weighted by Crippen LogP contribution is -2.35. The minimum atomic E-state index is -0.189. The molecule has 0 spiro atoms. The van der Waals surface area contributed by atoms with Crippen LogP contribution in [0, 0.1) is 0 Å². The Bertz CT molecular complexity index is 764. The Hall–Kier alpha value is -1.60. The second-order valence-corrected chi connectivity index (χ2v) is 7.67. The third kappa shape index (κ3) is 6.50. The third-order valence-corrected chi connectivity index (χ3v) is 5.06. The lowest BCUT2D eigenvalue weighted by atomic mass is 10.1. The number of amides is 1. The van der Waals surface area contributed by atoms with Gasteiger partial charge in [-0.1, -0.05) is 51.8 Å². The van der Waals surface area contributed by atoms with Crippen LogP contribution in [0.15, 0.2) is 46.9 Å². The van der Waals surface area contributed by atoms with Crippen molar-refractivity contribution in [1.82, 2.24) is 10.2 Å². The van der Waals surface area contributed by atoms with Gasteiger partial charge >= 0.3 is 0 Å². The quantitative estimate of drug-likeness (QED) is 0.695. The molecule has 0 atom stereocenters. The Morgan fingerprint density at radius 1 is 1.15 bits per heavy atom. The van der Waals surface area contributed by atoms with Gasteiger partial charge in [-0.2, -0.15) is 0 Å². The van der Waals surface area contributed by atoms with Crippen LogP contribution < -0.4 is 10.1 Å². The first-order valence-electron chi connectivity index (χ1n) is 8.82. The smallest absolute Gasteiger partial charge is 0.258 e. The van der Waals surface area contributed by atoms with Gasteiger partial charge in [-0.05, 0) is 29.3 Å². The summed E-state index contributed by atoms with van der Waals surface area (Å²) in [6.07, 6.45) is 0. The first-order valence-corrected chi connectivity index (χ1v) is 10.00. The van der Waals surface area contributed by atoms with E-state index in [0.29, 0.717) is 17.3 Å². The molecule has 3 rings (SSSR count). The van der Waals surface area contributed by atoms with Crippen LogP contribution in [0.4, 0.5) is 0 Å². The fraction of sp³-hybridized carbons (Fsp3) is 0.350. The Labute approximate surface area is 172 Å². The summed E-state index contributed by atoms with van der Waals surface area (Å²) in [6, 6.07) is 13.6. The molecule has 1 aliphatic heterocycles. The molecule has 0 aliphatic carbocycles. The zero-order valence-corrected chi connectivity index (χ0v) is 17.3. The van der Waals surface area contributed by atoms with Crippen LogP contribution in [0.2, 0.25) is 5.02 Å². The molecule has 1 heterocycles. The van der Waals surface area contributed by atoms with Gasteiger partial charge in [-0.3, -0.25) is 9.69 Å². The van der Waals surface area contributed by atoms with E-state index >= 15 is 0 Å². The number of nitrogens with one attached hydrogen (secondary N) is 1. The Balaban J connectivity index is 1.41. The van der Waals surface area contributed by atoms with Crippen molar-refractivity contribution in [1.29, 1.82) is 0 Å². The lowest BCUT2D eigenvalue weighted by Gasteiger charge is -2.26. The van der Waals surface area contributed by atoms with Gasteiger partial charge in [0.05, 0.1) is 18.2 Å². The van der Waals surface area contributed by atoms with Crippen molar-refractivity contribution in [3.8, 4) is 5.75 Å². The molecule has 2 aromatic carbocycles. The molecule has 1 fully saturated rings. The van der Waals surface area contributed by atoms with Gasteiger partial charge in [-0.15, -0.1) is 0 Å². The maximum absolute atomic E-state index is 12.0. The van der Waals surface area contributed by atoms with Crippen LogP contribution in [-0.4, -0.2) is 43.7 Å². The average molecular weight is 454 g/mol. The van der Waals surface area contributed by atoms with Crippen molar-refractivity contribution in [2.75, 3.05) is 32.9 Å². The second kappa shape index (κ2) is 10.1. The molecule has 5 nitrogen and oxygen atoms in total. The molecule has 1 N–H and O–H groups in total. The van der Waals surface area contributed by atoms with E-state index in [1.807, 2.05) is 18.2 Å². The van der Waals surface area contributed by atoms with E-state index in [-0.39, 0.29) is 12.5 Å². The van der Waals surface area contributed by atoms with E-state index in [9.17, 15) is 4.79 Å². The molecular formula is C20H22BrClN2O3. The summed E-state index contributed by atoms with van der Waals surface area (Å²) in [5.74, 6) is 0.300. The van der Waals surface area contributed by atoms with Crippen LogP contribution >= 0.6 is 27.5 Å². The maximum atomic E-state index is 12.0. The largest absolute Gasteiger partial charge is 0.482 e. The van der Waals surface area contributed by atoms with Crippen molar-refractivity contribution >= 4 is 33.4 Å². The molecule has 7 heteroatoms. The van der Waals surface area contributed by atoms with E-state index in [0.717, 1.165) is 42.9 Å². The van der Waals surface area contributed by atoms with E-state index in [1.165, 1.54) is 5.56 Å². The highest BCUT2D eigenvalue weighted by Gasteiger charge is 2.11.